The summed E-state index contributed by atoms with van der Waals surface area (Å²) in [5, 5.41) is 0. The highest BCUT2D eigenvalue weighted by atomic mass is 32.2. The van der Waals surface area contributed by atoms with Crippen molar-refractivity contribution in [3.8, 4) is 12.3 Å². The molecule has 1 heterocycles. The molecule has 1 nitrogen and oxygen atoms in total. The molecule has 1 aliphatic rings. The van der Waals surface area contributed by atoms with Crippen molar-refractivity contribution in [3.05, 3.63) is 0 Å². The molecule has 0 aromatic rings. The Morgan fingerprint density at radius 2 is 2.75 bits per heavy atom. The third-order valence-electron chi connectivity index (χ3n) is 1.01. The van der Waals surface area contributed by atoms with E-state index < -0.39 is 0 Å². The van der Waals surface area contributed by atoms with Crippen molar-refractivity contribution in [2.24, 2.45) is 0 Å². The largest absolute Gasteiger partial charge is 0.218 e. The molecule has 0 fully saturated rings. The van der Waals surface area contributed by atoms with E-state index >= 15 is 0 Å². The third kappa shape index (κ3) is 1.28. The fourth-order valence-corrected chi connectivity index (χ4v) is 1.45. The molecule has 0 saturated carbocycles. The Labute approximate surface area is 53.8 Å². The Bertz CT molecular complexity index is 143. The van der Waals surface area contributed by atoms with Gasteiger partial charge in [0.15, 0.2) is 12.1 Å². The van der Waals surface area contributed by atoms with E-state index in [1.54, 1.807) is 0 Å². The molecular weight excluding hydrogens is 118 g/mol. The maximum absolute atomic E-state index is 5.09. The average molecular weight is 126 g/mol. The number of hydrogen-bond donors (Lipinski definition) is 0. The van der Waals surface area contributed by atoms with Gasteiger partial charge in [-0.05, 0) is 5.92 Å². The summed E-state index contributed by atoms with van der Waals surface area (Å²) in [6.07, 6.45) is 5.09. The molecule has 0 bridgehead atoms. The summed E-state index contributed by atoms with van der Waals surface area (Å²) in [6, 6.07) is 0. The lowest BCUT2D eigenvalue weighted by atomic mass is 10.6. The number of rotatable bonds is 1. The number of thioether (sulfide) groups is 1. The second kappa shape index (κ2) is 2.78. The molecule has 42 valence electrons. The molecule has 0 radical (unpaired) electrons. The fraction of sp³-hybridized carbons (Fsp3) is 0.500. The second-order valence-corrected chi connectivity index (χ2v) is 2.60. The van der Waals surface area contributed by atoms with Gasteiger partial charge in [0, 0.05) is 0 Å². The van der Waals surface area contributed by atoms with E-state index in [0.29, 0.717) is 0 Å². The standard InChI is InChI=1S/C6H8NS/c1-2-3-7-4-5-8-6-7/h1,6H,3-5H2/q+1. The van der Waals surface area contributed by atoms with Gasteiger partial charge in [0.2, 0.25) is 6.54 Å². The highest BCUT2D eigenvalue weighted by molar-refractivity contribution is 8.12. The van der Waals surface area contributed by atoms with Crippen LogP contribution in [0.2, 0.25) is 0 Å². The molecule has 0 aromatic heterocycles. The second-order valence-electron chi connectivity index (χ2n) is 1.65. The molecular formula is C6H8NS+. The summed E-state index contributed by atoms with van der Waals surface area (Å²) in [6.45, 7) is 1.89. The summed E-state index contributed by atoms with van der Waals surface area (Å²) in [5.74, 6) is 3.79. The first kappa shape index (κ1) is 5.71. The number of nitrogens with zero attached hydrogens (tertiary/aromatic N) is 1. The predicted octanol–water partition coefficient (Wildman–Crippen LogP) is 0.407. The Hall–Kier alpha value is -0.420. The molecule has 2 heteroatoms. The smallest absolute Gasteiger partial charge is 0.203 e. The summed E-state index contributed by atoms with van der Waals surface area (Å²) < 4.78 is 2.14. The monoisotopic (exact) mass is 126 g/mol. The quantitative estimate of drug-likeness (QED) is 0.363. The van der Waals surface area contributed by atoms with Crippen LogP contribution in [0.15, 0.2) is 0 Å². The van der Waals surface area contributed by atoms with Gasteiger partial charge in [-0.1, -0.05) is 11.8 Å². The van der Waals surface area contributed by atoms with Crippen molar-refractivity contribution in [1.82, 2.24) is 0 Å². The first-order valence-corrected chi connectivity index (χ1v) is 3.61. The van der Waals surface area contributed by atoms with Crippen LogP contribution in [0.1, 0.15) is 0 Å². The van der Waals surface area contributed by atoms with Crippen LogP contribution >= 0.6 is 11.8 Å². The Kier molecular flexibility index (Phi) is 1.99. The average Bonchev–Trinajstić information content (AvgIpc) is 2.19. The number of terminal acetylenes is 1. The Balaban J connectivity index is 2.36. The van der Waals surface area contributed by atoms with Gasteiger partial charge in [0.1, 0.15) is 0 Å². The minimum Gasteiger partial charge on any atom is -0.218 e. The van der Waals surface area contributed by atoms with E-state index in [9.17, 15) is 0 Å². The minimum atomic E-state index is 0.771. The minimum absolute atomic E-state index is 0.771. The van der Waals surface area contributed by atoms with Crippen LogP contribution in [-0.2, 0) is 0 Å². The summed E-state index contributed by atoms with van der Waals surface area (Å²) >= 11 is 1.83. The van der Waals surface area contributed by atoms with Gasteiger partial charge < -0.3 is 0 Å². The lowest BCUT2D eigenvalue weighted by molar-refractivity contribution is -0.500. The topological polar surface area (TPSA) is 3.01 Å². The van der Waals surface area contributed by atoms with Gasteiger partial charge >= 0.3 is 0 Å². The maximum atomic E-state index is 5.09. The van der Waals surface area contributed by atoms with Gasteiger partial charge in [-0.3, -0.25) is 0 Å². The van der Waals surface area contributed by atoms with E-state index in [2.05, 4.69) is 16.0 Å². The van der Waals surface area contributed by atoms with Crippen molar-refractivity contribution in [2.45, 2.75) is 0 Å². The molecule has 8 heavy (non-hydrogen) atoms. The zero-order valence-corrected chi connectivity index (χ0v) is 5.45. The van der Waals surface area contributed by atoms with E-state index in [-0.39, 0.29) is 0 Å². The van der Waals surface area contributed by atoms with Crippen LogP contribution in [0.4, 0.5) is 0 Å². The van der Waals surface area contributed by atoms with Crippen LogP contribution in [-0.4, -0.2) is 29.0 Å². The molecule has 0 aromatic carbocycles. The van der Waals surface area contributed by atoms with Gasteiger partial charge in [-0.15, -0.1) is 6.42 Å². The van der Waals surface area contributed by atoms with Crippen LogP contribution < -0.4 is 0 Å². The van der Waals surface area contributed by atoms with Crippen LogP contribution in [0.3, 0.4) is 0 Å². The molecule has 0 spiro atoms. The normalized spacial score (nSPS) is 17.6. The van der Waals surface area contributed by atoms with Crippen molar-refractivity contribution in [3.63, 3.8) is 0 Å². The first-order chi connectivity index (χ1) is 3.93. The van der Waals surface area contributed by atoms with Gasteiger partial charge in [-0.25, -0.2) is 4.58 Å². The molecule has 0 atom stereocenters. The zero-order valence-electron chi connectivity index (χ0n) is 4.63. The Morgan fingerprint density at radius 1 is 1.88 bits per heavy atom. The molecule has 1 aliphatic heterocycles. The van der Waals surface area contributed by atoms with E-state index in [4.69, 9.17) is 6.42 Å². The fourth-order valence-electron chi connectivity index (χ4n) is 0.614. The molecule has 0 unspecified atom stereocenters. The van der Waals surface area contributed by atoms with Crippen LogP contribution in [0.5, 0.6) is 0 Å². The summed E-state index contributed by atoms with van der Waals surface area (Å²) in [4.78, 5) is 0. The van der Waals surface area contributed by atoms with E-state index in [1.165, 1.54) is 5.75 Å². The van der Waals surface area contributed by atoms with Gasteiger partial charge in [0.25, 0.3) is 0 Å². The number of hydrogen-bond acceptors (Lipinski definition) is 1. The zero-order chi connectivity index (χ0) is 5.82. The highest BCUT2D eigenvalue weighted by Crippen LogP contribution is 2.00. The first-order valence-electron chi connectivity index (χ1n) is 2.56. The van der Waals surface area contributed by atoms with Crippen molar-refractivity contribution < 1.29 is 4.58 Å². The SMILES string of the molecule is C#CC[N+]1=CSCC1. The van der Waals surface area contributed by atoms with Crippen molar-refractivity contribution >= 4 is 17.3 Å². The Morgan fingerprint density at radius 3 is 3.25 bits per heavy atom. The third-order valence-corrected chi connectivity index (χ3v) is 1.88. The molecule has 1 rings (SSSR count). The van der Waals surface area contributed by atoms with Crippen molar-refractivity contribution in [1.29, 1.82) is 0 Å². The van der Waals surface area contributed by atoms with E-state index in [1.807, 2.05) is 11.8 Å². The predicted molar refractivity (Wildman–Crippen MR) is 37.3 cm³/mol. The molecule has 0 amide bonds. The van der Waals surface area contributed by atoms with Crippen LogP contribution in [0.25, 0.3) is 0 Å². The van der Waals surface area contributed by atoms with Gasteiger partial charge in [0.05, 0.1) is 5.75 Å². The van der Waals surface area contributed by atoms with Crippen LogP contribution in [0, 0.1) is 12.3 Å². The van der Waals surface area contributed by atoms with E-state index in [0.717, 1.165) is 13.1 Å². The molecule has 0 N–H and O–H groups in total. The van der Waals surface area contributed by atoms with Gasteiger partial charge in [-0.2, -0.15) is 0 Å². The lowest BCUT2D eigenvalue weighted by Crippen LogP contribution is -2.09. The summed E-state index contributed by atoms with van der Waals surface area (Å²) in [7, 11) is 0. The highest BCUT2D eigenvalue weighted by Gasteiger charge is 2.07. The maximum Gasteiger partial charge on any atom is 0.203 e. The molecule has 0 saturated heterocycles. The molecule has 0 aliphatic carbocycles. The summed E-state index contributed by atoms with van der Waals surface area (Å²) in [5.41, 5.74) is 2.10. The van der Waals surface area contributed by atoms with Crippen molar-refractivity contribution in [2.75, 3.05) is 18.8 Å². The lowest BCUT2D eigenvalue weighted by Gasteiger charge is -1.84.